The largest absolute Gasteiger partial charge is 0.294 e. The van der Waals surface area contributed by atoms with E-state index in [0.29, 0.717) is 5.56 Å². The van der Waals surface area contributed by atoms with Crippen molar-refractivity contribution in [3.63, 3.8) is 0 Å². The molecule has 8 nitrogen and oxygen atoms in total. The minimum atomic E-state index is -0.523. The highest BCUT2D eigenvalue weighted by molar-refractivity contribution is 5.81. The van der Waals surface area contributed by atoms with Crippen LogP contribution in [-0.4, -0.2) is 16.1 Å². The average molecular weight is 286 g/mol. The summed E-state index contributed by atoms with van der Waals surface area (Å²) in [6.07, 6.45) is 1.35. The second kappa shape index (κ2) is 6.24. The summed E-state index contributed by atoms with van der Waals surface area (Å²) in [7, 11) is 0. The van der Waals surface area contributed by atoms with Crippen LogP contribution in [0.5, 0.6) is 0 Å². The molecule has 0 aliphatic rings. The maximum atomic E-state index is 10.8. The number of nitrogens with one attached hydrogen (secondary N) is 1. The summed E-state index contributed by atoms with van der Waals surface area (Å²) >= 11 is 0. The SMILES string of the molecule is O=[N+]([O-])c1cccc(/C=N\Nc2ccccc2[N+](=O)[O-])c1. The van der Waals surface area contributed by atoms with Crippen molar-refractivity contribution in [1.82, 2.24) is 0 Å². The van der Waals surface area contributed by atoms with Crippen molar-refractivity contribution in [2.75, 3.05) is 5.43 Å². The molecular formula is C13H10N4O4. The Morgan fingerprint density at radius 3 is 2.48 bits per heavy atom. The zero-order chi connectivity index (χ0) is 15.2. The Balaban J connectivity index is 2.15. The van der Waals surface area contributed by atoms with Crippen LogP contribution in [0.1, 0.15) is 5.56 Å². The summed E-state index contributed by atoms with van der Waals surface area (Å²) in [6.45, 7) is 0. The van der Waals surface area contributed by atoms with E-state index >= 15 is 0 Å². The molecule has 0 unspecified atom stereocenters. The zero-order valence-electron chi connectivity index (χ0n) is 10.7. The third-order valence-electron chi connectivity index (χ3n) is 2.58. The number of rotatable bonds is 5. The van der Waals surface area contributed by atoms with Crippen molar-refractivity contribution in [3.05, 3.63) is 74.3 Å². The number of para-hydroxylation sites is 2. The van der Waals surface area contributed by atoms with Crippen LogP contribution in [0.25, 0.3) is 0 Å². The number of nitrogens with zero attached hydrogens (tertiary/aromatic N) is 3. The molecule has 0 aromatic heterocycles. The minimum Gasteiger partial charge on any atom is -0.272 e. The smallest absolute Gasteiger partial charge is 0.272 e. The van der Waals surface area contributed by atoms with Gasteiger partial charge in [-0.15, -0.1) is 0 Å². The predicted octanol–water partition coefficient (Wildman–Crippen LogP) is 2.95. The van der Waals surface area contributed by atoms with Crippen molar-refractivity contribution in [3.8, 4) is 0 Å². The van der Waals surface area contributed by atoms with Gasteiger partial charge < -0.3 is 0 Å². The standard InChI is InChI=1S/C13H10N4O4/c18-16(19)11-5-3-4-10(8-11)9-14-15-12-6-1-2-7-13(12)17(20)21/h1-9,15H/b14-9-. The van der Waals surface area contributed by atoms with E-state index in [1.165, 1.54) is 36.5 Å². The first-order valence-corrected chi connectivity index (χ1v) is 5.85. The molecule has 0 heterocycles. The Morgan fingerprint density at radius 1 is 1.00 bits per heavy atom. The fraction of sp³-hybridized carbons (Fsp3) is 0. The number of nitro groups is 2. The van der Waals surface area contributed by atoms with E-state index in [1.807, 2.05) is 0 Å². The molecular weight excluding hydrogens is 276 g/mol. The van der Waals surface area contributed by atoms with Crippen LogP contribution < -0.4 is 5.43 Å². The van der Waals surface area contributed by atoms with E-state index < -0.39 is 9.85 Å². The van der Waals surface area contributed by atoms with Crippen molar-refractivity contribution >= 4 is 23.3 Å². The lowest BCUT2D eigenvalue weighted by molar-refractivity contribution is -0.384. The number of nitro benzene ring substituents is 2. The lowest BCUT2D eigenvalue weighted by Gasteiger charge is -2.01. The summed E-state index contributed by atoms with van der Waals surface area (Å²) in [5.74, 6) is 0. The second-order valence-corrected chi connectivity index (χ2v) is 4.00. The molecule has 21 heavy (non-hydrogen) atoms. The van der Waals surface area contributed by atoms with Gasteiger partial charge >= 0.3 is 0 Å². The van der Waals surface area contributed by atoms with E-state index in [4.69, 9.17) is 0 Å². The molecule has 0 saturated carbocycles. The highest BCUT2D eigenvalue weighted by Crippen LogP contribution is 2.22. The summed E-state index contributed by atoms with van der Waals surface area (Å²) in [4.78, 5) is 20.4. The molecule has 2 aromatic carbocycles. The van der Waals surface area contributed by atoms with Gasteiger partial charge in [0.15, 0.2) is 0 Å². The molecule has 2 rings (SSSR count). The first-order chi connectivity index (χ1) is 10.1. The third kappa shape index (κ3) is 3.60. The van der Waals surface area contributed by atoms with Gasteiger partial charge in [-0.1, -0.05) is 24.3 Å². The number of anilines is 1. The highest BCUT2D eigenvalue weighted by Gasteiger charge is 2.11. The Bertz CT molecular complexity index is 715. The minimum absolute atomic E-state index is 0.0513. The fourth-order valence-corrected chi connectivity index (χ4v) is 1.62. The number of hydrazone groups is 1. The molecule has 0 fully saturated rings. The van der Waals surface area contributed by atoms with Crippen LogP contribution in [0.4, 0.5) is 17.1 Å². The molecule has 0 spiro atoms. The summed E-state index contributed by atoms with van der Waals surface area (Å²) in [5.41, 5.74) is 3.14. The average Bonchev–Trinajstić information content (AvgIpc) is 2.48. The maximum Gasteiger partial charge on any atom is 0.294 e. The number of hydrogen-bond donors (Lipinski definition) is 1. The van der Waals surface area contributed by atoms with Gasteiger partial charge in [0, 0.05) is 23.8 Å². The molecule has 0 bridgehead atoms. The quantitative estimate of drug-likeness (QED) is 0.516. The lowest BCUT2D eigenvalue weighted by Crippen LogP contribution is -1.96. The second-order valence-electron chi connectivity index (χ2n) is 4.00. The van der Waals surface area contributed by atoms with Crippen LogP contribution in [0.2, 0.25) is 0 Å². The van der Waals surface area contributed by atoms with Crippen LogP contribution >= 0.6 is 0 Å². The summed E-state index contributed by atoms with van der Waals surface area (Å²) < 4.78 is 0. The molecule has 106 valence electrons. The number of non-ortho nitro benzene ring substituents is 1. The molecule has 0 atom stereocenters. The zero-order valence-corrected chi connectivity index (χ0v) is 10.7. The monoisotopic (exact) mass is 286 g/mol. The van der Waals surface area contributed by atoms with Gasteiger partial charge in [0.25, 0.3) is 11.4 Å². The summed E-state index contributed by atoms with van der Waals surface area (Å²) in [6, 6.07) is 11.9. The van der Waals surface area contributed by atoms with Crippen molar-refractivity contribution in [2.24, 2.45) is 5.10 Å². The van der Waals surface area contributed by atoms with Crippen molar-refractivity contribution < 1.29 is 9.85 Å². The Hall–Kier alpha value is -3.29. The van der Waals surface area contributed by atoms with Crippen LogP contribution in [0.3, 0.4) is 0 Å². The van der Waals surface area contributed by atoms with Gasteiger partial charge in [0.1, 0.15) is 5.69 Å². The Kier molecular flexibility index (Phi) is 4.20. The van der Waals surface area contributed by atoms with Gasteiger partial charge in [-0.05, 0) is 6.07 Å². The van der Waals surface area contributed by atoms with E-state index in [9.17, 15) is 20.2 Å². The van der Waals surface area contributed by atoms with E-state index in [0.717, 1.165) is 0 Å². The Morgan fingerprint density at radius 2 is 1.76 bits per heavy atom. The van der Waals surface area contributed by atoms with Gasteiger partial charge in [-0.25, -0.2) is 0 Å². The predicted molar refractivity (Wildman–Crippen MR) is 77.4 cm³/mol. The van der Waals surface area contributed by atoms with Gasteiger partial charge in [-0.3, -0.25) is 25.7 Å². The number of hydrogen-bond acceptors (Lipinski definition) is 6. The van der Waals surface area contributed by atoms with Crippen LogP contribution in [-0.2, 0) is 0 Å². The molecule has 2 aromatic rings. The van der Waals surface area contributed by atoms with E-state index in [-0.39, 0.29) is 17.1 Å². The topological polar surface area (TPSA) is 111 Å². The third-order valence-corrected chi connectivity index (χ3v) is 2.58. The van der Waals surface area contributed by atoms with Gasteiger partial charge in [0.05, 0.1) is 16.1 Å². The number of benzene rings is 2. The van der Waals surface area contributed by atoms with E-state index in [1.54, 1.807) is 18.2 Å². The van der Waals surface area contributed by atoms with Crippen LogP contribution in [0, 0.1) is 20.2 Å². The molecule has 0 amide bonds. The fourth-order valence-electron chi connectivity index (χ4n) is 1.62. The molecule has 0 radical (unpaired) electrons. The summed E-state index contributed by atoms with van der Waals surface area (Å²) in [5, 5.41) is 25.3. The maximum absolute atomic E-state index is 10.8. The van der Waals surface area contributed by atoms with Gasteiger partial charge in [-0.2, -0.15) is 5.10 Å². The highest BCUT2D eigenvalue weighted by atomic mass is 16.6. The van der Waals surface area contributed by atoms with E-state index in [2.05, 4.69) is 10.5 Å². The molecule has 8 heteroatoms. The first kappa shape index (κ1) is 14.1. The molecule has 0 aliphatic carbocycles. The lowest BCUT2D eigenvalue weighted by atomic mass is 10.2. The Labute approximate surface area is 119 Å². The molecule has 0 aliphatic heterocycles. The van der Waals surface area contributed by atoms with Crippen molar-refractivity contribution in [1.29, 1.82) is 0 Å². The van der Waals surface area contributed by atoms with Crippen molar-refractivity contribution in [2.45, 2.75) is 0 Å². The van der Waals surface area contributed by atoms with Gasteiger partial charge in [0.2, 0.25) is 0 Å². The first-order valence-electron chi connectivity index (χ1n) is 5.85. The molecule has 1 N–H and O–H groups in total. The van der Waals surface area contributed by atoms with Crippen LogP contribution in [0.15, 0.2) is 53.6 Å². The normalized spacial score (nSPS) is 10.5. The molecule has 0 saturated heterocycles.